The van der Waals surface area contributed by atoms with Gasteiger partial charge in [0.2, 0.25) is 0 Å². The lowest BCUT2D eigenvalue weighted by Crippen LogP contribution is -2.33. The van der Waals surface area contributed by atoms with Crippen LogP contribution in [-0.2, 0) is 0 Å². The van der Waals surface area contributed by atoms with Crippen molar-refractivity contribution in [3.05, 3.63) is 35.6 Å². The van der Waals surface area contributed by atoms with Crippen LogP contribution >= 0.6 is 0 Å². The van der Waals surface area contributed by atoms with Gasteiger partial charge in [-0.25, -0.2) is 4.39 Å². The largest absolute Gasteiger partial charge is 0.328 e. The molecule has 94 valence electrons. The summed E-state index contributed by atoms with van der Waals surface area (Å²) in [5.41, 5.74) is 6.70. The topological polar surface area (TPSA) is 38.0 Å². The van der Waals surface area contributed by atoms with Crippen molar-refractivity contribution in [1.29, 1.82) is 0 Å². The van der Waals surface area contributed by atoms with E-state index in [1.807, 2.05) is 19.2 Å². The van der Waals surface area contributed by atoms with Gasteiger partial charge in [0, 0.05) is 17.6 Å². The quantitative estimate of drug-likeness (QED) is 0.846. The Hall–Kier alpha value is -0.930. The fourth-order valence-corrected chi connectivity index (χ4v) is 2.85. The van der Waals surface area contributed by atoms with Gasteiger partial charge in [0.15, 0.2) is 0 Å². The predicted molar refractivity (Wildman–Crippen MR) is 68.1 cm³/mol. The van der Waals surface area contributed by atoms with Gasteiger partial charge >= 0.3 is 0 Å². The zero-order valence-electron chi connectivity index (χ0n) is 10.3. The zero-order chi connectivity index (χ0) is 12.3. The maximum atomic E-state index is 13.8. The molecular formula is C14H21FN2. The summed E-state index contributed by atoms with van der Waals surface area (Å²) in [4.78, 5) is 0. The van der Waals surface area contributed by atoms with Crippen LogP contribution in [0.4, 0.5) is 4.39 Å². The fraction of sp³-hybridized carbons (Fsp3) is 0.571. The van der Waals surface area contributed by atoms with Gasteiger partial charge in [0.05, 0.1) is 0 Å². The molecule has 1 unspecified atom stereocenters. The van der Waals surface area contributed by atoms with Gasteiger partial charge in [0.1, 0.15) is 5.82 Å². The van der Waals surface area contributed by atoms with Crippen LogP contribution in [0.1, 0.15) is 37.3 Å². The monoisotopic (exact) mass is 236 g/mol. The molecule has 2 nitrogen and oxygen atoms in total. The van der Waals surface area contributed by atoms with E-state index in [0.29, 0.717) is 12.0 Å². The van der Waals surface area contributed by atoms with E-state index in [4.69, 9.17) is 5.73 Å². The Morgan fingerprint density at radius 1 is 1.24 bits per heavy atom. The third kappa shape index (κ3) is 2.85. The lowest BCUT2D eigenvalue weighted by molar-refractivity contribution is 0.259. The normalized spacial score (nSPS) is 26.8. The van der Waals surface area contributed by atoms with E-state index in [0.717, 1.165) is 31.2 Å². The Labute approximate surface area is 102 Å². The van der Waals surface area contributed by atoms with Crippen LogP contribution in [0.3, 0.4) is 0 Å². The number of benzene rings is 1. The van der Waals surface area contributed by atoms with Crippen molar-refractivity contribution >= 4 is 0 Å². The van der Waals surface area contributed by atoms with Gasteiger partial charge < -0.3 is 11.1 Å². The molecule has 1 aromatic rings. The van der Waals surface area contributed by atoms with E-state index < -0.39 is 0 Å². The Morgan fingerprint density at radius 2 is 1.88 bits per heavy atom. The molecule has 0 heterocycles. The summed E-state index contributed by atoms with van der Waals surface area (Å²) in [5, 5.41) is 3.26. The maximum absolute atomic E-state index is 13.8. The molecule has 0 amide bonds. The average molecular weight is 236 g/mol. The second-order valence-electron chi connectivity index (χ2n) is 4.96. The average Bonchev–Trinajstić information content (AvgIpc) is 2.35. The van der Waals surface area contributed by atoms with Gasteiger partial charge in [-0.15, -0.1) is 0 Å². The molecule has 2 rings (SSSR count). The summed E-state index contributed by atoms with van der Waals surface area (Å²) in [7, 11) is 1.91. The van der Waals surface area contributed by atoms with Crippen molar-refractivity contribution < 1.29 is 4.39 Å². The zero-order valence-corrected chi connectivity index (χ0v) is 10.3. The number of nitrogens with two attached hydrogens (primary N) is 1. The predicted octanol–water partition coefficient (Wildman–Crippen LogP) is 2.60. The fourth-order valence-electron chi connectivity index (χ4n) is 2.85. The van der Waals surface area contributed by atoms with Gasteiger partial charge in [-0.1, -0.05) is 18.2 Å². The minimum Gasteiger partial charge on any atom is -0.328 e. The Morgan fingerprint density at radius 3 is 2.47 bits per heavy atom. The summed E-state index contributed by atoms with van der Waals surface area (Å²) in [6.07, 6.45) is 4.27. The number of halogens is 1. The van der Waals surface area contributed by atoms with Crippen molar-refractivity contribution in [1.82, 2.24) is 5.32 Å². The first-order chi connectivity index (χ1) is 8.22. The van der Waals surface area contributed by atoms with Crippen molar-refractivity contribution in [3.8, 4) is 0 Å². The van der Waals surface area contributed by atoms with Gasteiger partial charge in [0.25, 0.3) is 0 Å². The van der Waals surface area contributed by atoms with E-state index in [1.165, 1.54) is 6.07 Å². The first-order valence-corrected chi connectivity index (χ1v) is 6.39. The Kier molecular flexibility index (Phi) is 4.13. The maximum Gasteiger partial charge on any atom is 0.127 e. The molecule has 3 heteroatoms. The number of nitrogens with one attached hydrogen (secondary N) is 1. The van der Waals surface area contributed by atoms with Gasteiger partial charge in [-0.3, -0.25) is 0 Å². The molecule has 1 fully saturated rings. The molecular weight excluding hydrogens is 215 g/mol. The summed E-state index contributed by atoms with van der Waals surface area (Å²) in [5.74, 6) is 0.387. The lowest BCUT2D eigenvalue weighted by atomic mass is 9.79. The van der Waals surface area contributed by atoms with Crippen LogP contribution in [0.2, 0.25) is 0 Å². The molecule has 1 aromatic carbocycles. The van der Waals surface area contributed by atoms with E-state index in [9.17, 15) is 4.39 Å². The minimum atomic E-state index is -0.110. The number of hydrogen-bond acceptors (Lipinski definition) is 2. The highest BCUT2D eigenvalue weighted by Gasteiger charge is 2.27. The SMILES string of the molecule is CNC(c1ccccc1F)C1CCC(N)CC1. The molecule has 1 aliphatic rings. The molecule has 0 aromatic heterocycles. The molecule has 0 radical (unpaired) electrons. The highest BCUT2D eigenvalue weighted by molar-refractivity contribution is 5.22. The van der Waals surface area contributed by atoms with Crippen LogP contribution in [0.25, 0.3) is 0 Å². The van der Waals surface area contributed by atoms with Crippen molar-refractivity contribution in [2.24, 2.45) is 11.7 Å². The number of rotatable bonds is 3. The minimum absolute atomic E-state index is 0.110. The molecule has 0 saturated heterocycles. The summed E-state index contributed by atoms with van der Waals surface area (Å²) >= 11 is 0. The molecule has 1 aliphatic carbocycles. The molecule has 0 bridgehead atoms. The molecule has 1 saturated carbocycles. The Balaban J connectivity index is 2.14. The summed E-state index contributed by atoms with van der Waals surface area (Å²) in [6, 6.07) is 7.51. The van der Waals surface area contributed by atoms with Crippen LogP contribution < -0.4 is 11.1 Å². The molecule has 3 N–H and O–H groups in total. The highest BCUT2D eigenvalue weighted by Crippen LogP contribution is 2.34. The van der Waals surface area contributed by atoms with Gasteiger partial charge in [-0.05, 0) is 44.7 Å². The summed E-state index contributed by atoms with van der Waals surface area (Å²) in [6.45, 7) is 0. The second kappa shape index (κ2) is 5.61. The molecule has 0 spiro atoms. The second-order valence-corrected chi connectivity index (χ2v) is 4.96. The van der Waals surface area contributed by atoms with Crippen LogP contribution in [0, 0.1) is 11.7 Å². The standard InChI is InChI=1S/C14H21FN2/c1-17-14(10-6-8-11(16)9-7-10)12-4-2-3-5-13(12)15/h2-5,10-11,14,17H,6-9,16H2,1H3. The number of hydrogen-bond donors (Lipinski definition) is 2. The highest BCUT2D eigenvalue weighted by atomic mass is 19.1. The van der Waals surface area contributed by atoms with E-state index in [-0.39, 0.29) is 11.9 Å². The Bertz CT molecular complexity index is 359. The third-order valence-corrected chi connectivity index (χ3v) is 3.84. The van der Waals surface area contributed by atoms with E-state index >= 15 is 0 Å². The third-order valence-electron chi connectivity index (χ3n) is 3.84. The van der Waals surface area contributed by atoms with Crippen molar-refractivity contribution in [3.63, 3.8) is 0 Å². The smallest absolute Gasteiger partial charge is 0.127 e. The molecule has 17 heavy (non-hydrogen) atoms. The van der Waals surface area contributed by atoms with Crippen LogP contribution in [0.15, 0.2) is 24.3 Å². The van der Waals surface area contributed by atoms with Crippen LogP contribution in [-0.4, -0.2) is 13.1 Å². The molecule has 1 atom stereocenters. The molecule has 0 aliphatic heterocycles. The first kappa shape index (κ1) is 12.5. The van der Waals surface area contributed by atoms with Crippen molar-refractivity contribution in [2.75, 3.05) is 7.05 Å². The van der Waals surface area contributed by atoms with Crippen LogP contribution in [0.5, 0.6) is 0 Å². The van der Waals surface area contributed by atoms with E-state index in [2.05, 4.69) is 5.32 Å². The first-order valence-electron chi connectivity index (χ1n) is 6.39. The van der Waals surface area contributed by atoms with E-state index in [1.54, 1.807) is 6.07 Å². The van der Waals surface area contributed by atoms with Gasteiger partial charge in [-0.2, -0.15) is 0 Å². The summed E-state index contributed by atoms with van der Waals surface area (Å²) < 4.78 is 13.8. The van der Waals surface area contributed by atoms with Crippen molar-refractivity contribution in [2.45, 2.75) is 37.8 Å². The lowest BCUT2D eigenvalue weighted by Gasteiger charge is -2.32.